The normalized spacial score (nSPS) is 16.9. The number of halogens is 2. The van der Waals surface area contributed by atoms with Crippen molar-refractivity contribution < 1.29 is 31.7 Å². The highest BCUT2D eigenvalue weighted by Gasteiger charge is 2.38. The SMILES string of the molecule is COc1ccc(/C=C/C2=c3c(cc(=CC=C4C=CC(=[N+](C)C)C=C4)oc3=O)O[B-](F)(F)O2)cc1. The van der Waals surface area contributed by atoms with Gasteiger partial charge in [0.15, 0.2) is 5.71 Å². The number of ether oxygens (including phenoxy) is 1. The minimum Gasteiger partial charge on any atom is -0.627 e. The molecule has 0 saturated heterocycles. The molecule has 9 heteroatoms. The molecule has 1 aromatic carbocycles. The number of hydrogen-bond acceptors (Lipinski definition) is 5. The quantitative estimate of drug-likeness (QED) is 0.514. The zero-order valence-corrected chi connectivity index (χ0v) is 18.8. The van der Waals surface area contributed by atoms with Crippen LogP contribution in [-0.4, -0.2) is 38.6 Å². The Labute approximate surface area is 194 Å². The van der Waals surface area contributed by atoms with Crippen LogP contribution in [0.1, 0.15) is 5.56 Å². The number of nitrogens with zero attached hydrogens (tertiary/aromatic N) is 1. The van der Waals surface area contributed by atoms with E-state index in [2.05, 4.69) is 9.31 Å². The second kappa shape index (κ2) is 9.39. The van der Waals surface area contributed by atoms with E-state index in [0.29, 0.717) is 11.3 Å². The first kappa shape index (κ1) is 23.0. The van der Waals surface area contributed by atoms with Crippen LogP contribution in [0, 0.1) is 0 Å². The summed E-state index contributed by atoms with van der Waals surface area (Å²) in [5.41, 5.74) is 1.80. The summed E-state index contributed by atoms with van der Waals surface area (Å²) in [5, 5.41) is -0.204. The van der Waals surface area contributed by atoms with E-state index < -0.39 is 12.7 Å². The van der Waals surface area contributed by atoms with Crippen LogP contribution in [0.25, 0.3) is 17.9 Å². The van der Waals surface area contributed by atoms with Crippen molar-refractivity contribution in [1.82, 2.24) is 0 Å². The number of allylic oxidation sites excluding steroid dienone is 6. The van der Waals surface area contributed by atoms with Crippen LogP contribution in [0.2, 0.25) is 0 Å². The minimum absolute atomic E-state index is 0.0763. The van der Waals surface area contributed by atoms with Gasteiger partial charge in [-0.1, -0.05) is 24.3 Å². The van der Waals surface area contributed by atoms with Crippen LogP contribution in [0.3, 0.4) is 0 Å². The van der Waals surface area contributed by atoms with Gasteiger partial charge < -0.3 is 27.1 Å². The second-order valence-corrected chi connectivity index (χ2v) is 7.74. The van der Waals surface area contributed by atoms with Gasteiger partial charge in [0.25, 0.3) is 0 Å². The number of methoxy groups -OCH3 is 1. The molecule has 0 saturated carbocycles. The molecule has 34 heavy (non-hydrogen) atoms. The molecule has 0 amide bonds. The fourth-order valence-corrected chi connectivity index (χ4v) is 3.34. The molecule has 4 rings (SSSR count). The zero-order valence-electron chi connectivity index (χ0n) is 18.8. The molecule has 2 heterocycles. The number of fused-ring (bicyclic) bond motifs is 1. The second-order valence-electron chi connectivity index (χ2n) is 7.74. The number of hydrogen-bond donors (Lipinski definition) is 0. The largest absolute Gasteiger partial charge is 0.725 e. The summed E-state index contributed by atoms with van der Waals surface area (Å²) in [4.78, 5) is 12.7. The molecule has 6 nitrogen and oxygen atoms in total. The van der Waals surface area contributed by atoms with Crippen molar-refractivity contribution in [2.45, 2.75) is 0 Å². The van der Waals surface area contributed by atoms with Gasteiger partial charge in [-0.3, -0.25) is 0 Å². The summed E-state index contributed by atoms with van der Waals surface area (Å²) in [6.45, 7) is 0. The first-order chi connectivity index (χ1) is 16.2. The highest BCUT2D eigenvalue weighted by Crippen LogP contribution is 2.24. The topological polar surface area (TPSA) is 60.9 Å². The Morgan fingerprint density at radius 3 is 2.32 bits per heavy atom. The summed E-state index contributed by atoms with van der Waals surface area (Å²) in [7, 11) is 0.760. The third-order valence-corrected chi connectivity index (χ3v) is 5.10. The van der Waals surface area contributed by atoms with Crippen LogP contribution < -0.4 is 25.7 Å². The first-order valence-electron chi connectivity index (χ1n) is 10.5. The van der Waals surface area contributed by atoms with E-state index in [0.717, 1.165) is 11.3 Å². The van der Waals surface area contributed by atoms with Crippen LogP contribution in [0.4, 0.5) is 8.63 Å². The molecule has 2 aromatic rings. The molecule has 1 aromatic heterocycles. The van der Waals surface area contributed by atoms with E-state index in [4.69, 9.17) is 9.15 Å². The van der Waals surface area contributed by atoms with E-state index in [1.54, 1.807) is 43.5 Å². The Morgan fingerprint density at radius 2 is 1.68 bits per heavy atom. The van der Waals surface area contributed by atoms with E-state index in [1.165, 1.54) is 18.2 Å². The van der Waals surface area contributed by atoms with Crippen molar-refractivity contribution in [3.8, 4) is 11.5 Å². The summed E-state index contributed by atoms with van der Waals surface area (Å²) in [5.74, 6) is 0.0253. The molecule has 2 aliphatic rings. The number of benzene rings is 1. The van der Waals surface area contributed by atoms with Crippen molar-refractivity contribution >= 4 is 30.7 Å². The standard InChI is InChI=1S/C25H22BF2NO5/c1-29(2)19-10-4-17(5-11-19)8-14-21-16-23-24(25(30)32-21)22(33-26(27,28)34-23)15-9-18-6-12-20(31-3)13-7-18/h4-16H,1-3H3/b15-9+,21-14?. The van der Waals surface area contributed by atoms with Crippen LogP contribution in [0.5, 0.6) is 11.5 Å². The average Bonchev–Trinajstić information content (AvgIpc) is 2.80. The monoisotopic (exact) mass is 465 g/mol. The van der Waals surface area contributed by atoms with Crippen LogP contribution in [0.15, 0.2) is 81.6 Å². The van der Waals surface area contributed by atoms with E-state index >= 15 is 0 Å². The molecular weight excluding hydrogens is 443 g/mol. The van der Waals surface area contributed by atoms with Gasteiger partial charge in [0.05, 0.1) is 18.6 Å². The molecular formula is C25H22BF2NO5. The molecule has 0 bridgehead atoms. The van der Waals surface area contributed by atoms with Gasteiger partial charge in [0.1, 0.15) is 30.5 Å². The zero-order chi connectivity index (χ0) is 24.3. The average molecular weight is 465 g/mol. The number of rotatable bonds is 4. The predicted octanol–water partition coefficient (Wildman–Crippen LogP) is 2.80. The van der Waals surface area contributed by atoms with Gasteiger partial charge in [-0.2, -0.15) is 0 Å². The van der Waals surface area contributed by atoms with Crippen molar-refractivity contribution in [1.29, 1.82) is 0 Å². The van der Waals surface area contributed by atoms with Gasteiger partial charge in [0, 0.05) is 18.2 Å². The van der Waals surface area contributed by atoms with Crippen molar-refractivity contribution in [3.63, 3.8) is 0 Å². The Hall–Kier alpha value is -4.14. The summed E-state index contributed by atoms with van der Waals surface area (Å²) < 4.78 is 50.1. The fraction of sp³-hybridized carbons (Fsp3) is 0.120. The molecule has 0 atom stereocenters. The lowest BCUT2D eigenvalue weighted by Gasteiger charge is -2.32. The molecule has 0 fully saturated rings. The molecule has 0 unspecified atom stereocenters. The van der Waals surface area contributed by atoms with Crippen molar-refractivity contribution in [2.75, 3.05) is 21.2 Å². The van der Waals surface area contributed by atoms with Gasteiger partial charge in [-0.15, -0.1) is 0 Å². The van der Waals surface area contributed by atoms with Gasteiger partial charge in [-0.25, -0.2) is 9.37 Å². The maximum atomic E-state index is 14.2. The molecule has 1 aliphatic heterocycles. The van der Waals surface area contributed by atoms with Gasteiger partial charge >= 0.3 is 12.7 Å². The Balaban J connectivity index is 1.72. The fourth-order valence-electron chi connectivity index (χ4n) is 3.34. The van der Waals surface area contributed by atoms with Crippen molar-refractivity contribution in [3.05, 3.63) is 99.0 Å². The maximum Gasteiger partial charge on any atom is 0.725 e. The Kier molecular flexibility index (Phi) is 6.36. The third kappa shape index (κ3) is 5.25. The van der Waals surface area contributed by atoms with E-state index in [-0.39, 0.29) is 22.1 Å². The molecule has 1 aliphatic carbocycles. The lowest BCUT2D eigenvalue weighted by atomic mass is 10.1. The minimum atomic E-state index is -4.65. The molecule has 0 radical (unpaired) electrons. The summed E-state index contributed by atoms with van der Waals surface area (Å²) >= 11 is 0. The van der Waals surface area contributed by atoms with Crippen LogP contribution in [-0.2, 0) is 4.65 Å². The van der Waals surface area contributed by atoms with E-state index in [1.807, 2.05) is 43.0 Å². The maximum absolute atomic E-state index is 14.2. The summed E-state index contributed by atoms with van der Waals surface area (Å²) in [6.07, 6.45) is 13.7. The molecule has 0 spiro atoms. The third-order valence-electron chi connectivity index (χ3n) is 5.10. The lowest BCUT2D eigenvalue weighted by molar-refractivity contribution is -0.462. The van der Waals surface area contributed by atoms with E-state index in [9.17, 15) is 13.4 Å². The van der Waals surface area contributed by atoms with Gasteiger partial charge in [-0.05, 0) is 47.6 Å². The lowest BCUT2D eigenvalue weighted by Crippen LogP contribution is -2.46. The highest BCUT2D eigenvalue weighted by atomic mass is 19.3. The highest BCUT2D eigenvalue weighted by molar-refractivity contribution is 6.54. The van der Waals surface area contributed by atoms with Crippen molar-refractivity contribution in [2.24, 2.45) is 0 Å². The van der Waals surface area contributed by atoms with Gasteiger partial charge in [0.2, 0.25) is 0 Å². The Bertz CT molecular complexity index is 1430. The summed E-state index contributed by atoms with van der Waals surface area (Å²) in [6, 6.07) is 8.17. The molecule has 174 valence electrons. The predicted molar refractivity (Wildman–Crippen MR) is 127 cm³/mol. The Morgan fingerprint density at radius 1 is 0.971 bits per heavy atom. The first-order valence-corrected chi connectivity index (χ1v) is 10.5. The molecule has 0 N–H and O–H groups in total. The van der Waals surface area contributed by atoms with Crippen LogP contribution >= 0.6 is 0 Å². The smallest absolute Gasteiger partial charge is 0.627 e.